The molecule has 140 valence electrons. The van der Waals surface area contributed by atoms with Crippen molar-refractivity contribution >= 4 is 29.0 Å². The van der Waals surface area contributed by atoms with Gasteiger partial charge in [0.2, 0.25) is 0 Å². The van der Waals surface area contributed by atoms with Crippen molar-refractivity contribution in [2.45, 2.75) is 18.3 Å². The maximum absolute atomic E-state index is 15.1. The zero-order chi connectivity index (χ0) is 19.2. The van der Waals surface area contributed by atoms with Crippen LogP contribution in [0.1, 0.15) is 22.3 Å². The molecule has 0 aromatic heterocycles. The lowest BCUT2D eigenvalue weighted by Gasteiger charge is -2.44. The third kappa shape index (κ3) is 3.02. The third-order valence-electron chi connectivity index (χ3n) is 4.98. The molecule has 1 saturated heterocycles. The number of amides is 1. The van der Waals surface area contributed by atoms with Gasteiger partial charge in [0.05, 0.1) is 12.1 Å². The Morgan fingerprint density at radius 2 is 2.04 bits per heavy atom. The van der Waals surface area contributed by atoms with Crippen molar-refractivity contribution in [2.24, 2.45) is 10.7 Å². The van der Waals surface area contributed by atoms with Gasteiger partial charge < -0.3 is 16.0 Å². The minimum atomic E-state index is -1.50. The van der Waals surface area contributed by atoms with Crippen LogP contribution in [-0.4, -0.2) is 41.6 Å². The fourth-order valence-electron chi connectivity index (χ4n) is 3.54. The zero-order valence-electron chi connectivity index (χ0n) is 14.3. The van der Waals surface area contributed by atoms with Crippen LogP contribution < -0.4 is 11.1 Å². The molecule has 2 aromatic carbocycles. The van der Waals surface area contributed by atoms with E-state index in [1.165, 1.54) is 17.0 Å². The van der Waals surface area contributed by atoms with Crippen LogP contribution >= 0.6 is 11.6 Å². The highest BCUT2D eigenvalue weighted by Gasteiger charge is 2.47. The van der Waals surface area contributed by atoms with Crippen LogP contribution in [0, 0.1) is 5.82 Å². The second kappa shape index (κ2) is 6.49. The lowest BCUT2D eigenvalue weighted by molar-refractivity contribution is 0.0494. The molecule has 1 fully saturated rings. The first-order valence-electron chi connectivity index (χ1n) is 8.51. The van der Waals surface area contributed by atoms with Gasteiger partial charge in [-0.25, -0.2) is 13.8 Å². The molecule has 27 heavy (non-hydrogen) atoms. The smallest absolute Gasteiger partial charge is 0.253 e. The summed E-state index contributed by atoms with van der Waals surface area (Å²) in [4.78, 5) is 18.3. The SMILES string of the molecule is NC1=NC2(CCN(C(=O)c3ccc(Cl)cc3)CC2F)Nc2cccc(F)c21. The number of amidine groups is 1. The number of fused-ring (bicyclic) bond motifs is 1. The minimum absolute atomic E-state index is 0.0398. The quantitative estimate of drug-likeness (QED) is 0.785. The number of nitrogens with zero attached hydrogens (tertiary/aromatic N) is 2. The first kappa shape index (κ1) is 17.7. The minimum Gasteiger partial charge on any atom is -0.383 e. The van der Waals surface area contributed by atoms with Crippen molar-refractivity contribution in [2.75, 3.05) is 18.4 Å². The van der Waals surface area contributed by atoms with Gasteiger partial charge in [0.1, 0.15) is 11.7 Å². The van der Waals surface area contributed by atoms with E-state index < -0.39 is 17.7 Å². The van der Waals surface area contributed by atoms with E-state index in [4.69, 9.17) is 17.3 Å². The van der Waals surface area contributed by atoms with Gasteiger partial charge in [-0.2, -0.15) is 0 Å². The summed E-state index contributed by atoms with van der Waals surface area (Å²) in [6, 6.07) is 10.9. The summed E-state index contributed by atoms with van der Waals surface area (Å²) in [6.45, 7) is 0.145. The summed E-state index contributed by atoms with van der Waals surface area (Å²) in [6.07, 6.45) is -1.29. The fourth-order valence-corrected chi connectivity index (χ4v) is 3.67. The summed E-state index contributed by atoms with van der Waals surface area (Å²) in [7, 11) is 0. The topological polar surface area (TPSA) is 70.7 Å². The Morgan fingerprint density at radius 3 is 2.74 bits per heavy atom. The monoisotopic (exact) mass is 390 g/mol. The maximum Gasteiger partial charge on any atom is 0.253 e. The number of alkyl halides is 1. The predicted octanol–water partition coefficient (Wildman–Crippen LogP) is 3.19. The van der Waals surface area contributed by atoms with Crippen molar-refractivity contribution in [3.63, 3.8) is 0 Å². The van der Waals surface area contributed by atoms with Gasteiger partial charge in [-0.05, 0) is 36.4 Å². The average molecular weight is 391 g/mol. The number of halogens is 3. The van der Waals surface area contributed by atoms with Crippen LogP contribution in [-0.2, 0) is 0 Å². The molecule has 2 aliphatic rings. The maximum atomic E-state index is 15.1. The summed E-state index contributed by atoms with van der Waals surface area (Å²) < 4.78 is 29.2. The number of carbonyl (C=O) groups is 1. The van der Waals surface area contributed by atoms with Gasteiger partial charge in [-0.1, -0.05) is 17.7 Å². The number of nitrogens with two attached hydrogens (primary N) is 1. The van der Waals surface area contributed by atoms with E-state index in [0.717, 1.165) is 0 Å². The highest BCUT2D eigenvalue weighted by atomic mass is 35.5. The average Bonchev–Trinajstić information content (AvgIpc) is 2.64. The molecule has 0 aliphatic carbocycles. The molecular formula is C19H17ClF2N4O. The van der Waals surface area contributed by atoms with Gasteiger partial charge in [-0.3, -0.25) is 4.79 Å². The number of piperidine rings is 1. The van der Waals surface area contributed by atoms with E-state index in [2.05, 4.69) is 10.3 Å². The van der Waals surface area contributed by atoms with Gasteiger partial charge in [0.25, 0.3) is 5.91 Å². The van der Waals surface area contributed by atoms with E-state index in [0.29, 0.717) is 16.3 Å². The molecule has 0 bridgehead atoms. The summed E-state index contributed by atoms with van der Waals surface area (Å²) >= 11 is 5.84. The number of hydrogen-bond acceptors (Lipinski definition) is 4. The molecule has 3 N–H and O–H groups in total. The Hall–Kier alpha value is -2.67. The van der Waals surface area contributed by atoms with E-state index >= 15 is 4.39 Å². The Kier molecular flexibility index (Phi) is 4.26. The summed E-state index contributed by atoms with van der Waals surface area (Å²) in [5, 5.41) is 3.52. The lowest BCUT2D eigenvalue weighted by Crippen LogP contribution is -2.59. The van der Waals surface area contributed by atoms with Crippen LogP contribution in [0.5, 0.6) is 0 Å². The molecule has 4 rings (SSSR count). The van der Waals surface area contributed by atoms with Gasteiger partial charge >= 0.3 is 0 Å². The zero-order valence-corrected chi connectivity index (χ0v) is 15.0. The van der Waals surface area contributed by atoms with Gasteiger partial charge in [0.15, 0.2) is 11.8 Å². The van der Waals surface area contributed by atoms with Crippen LogP contribution in [0.25, 0.3) is 0 Å². The number of hydrogen-bond donors (Lipinski definition) is 2. The van der Waals surface area contributed by atoms with Crippen molar-refractivity contribution in [3.8, 4) is 0 Å². The van der Waals surface area contributed by atoms with E-state index in [-0.39, 0.29) is 36.8 Å². The predicted molar refractivity (Wildman–Crippen MR) is 100 cm³/mol. The Morgan fingerprint density at radius 1 is 1.30 bits per heavy atom. The Labute approximate surface area is 159 Å². The number of carbonyl (C=O) groups excluding carboxylic acids is 1. The summed E-state index contributed by atoms with van der Waals surface area (Å²) in [5.41, 5.74) is 5.61. The second-order valence-electron chi connectivity index (χ2n) is 6.68. The molecule has 8 heteroatoms. The standard InChI is InChI=1S/C19H17ClF2N4O/c20-12-6-4-11(5-7-12)18(27)26-9-8-19(15(22)10-26)24-14-3-1-2-13(21)16(14)17(23)25-19/h1-7,15,24H,8-10H2,(H2,23,25). The third-order valence-corrected chi connectivity index (χ3v) is 5.23. The molecule has 2 atom stereocenters. The largest absolute Gasteiger partial charge is 0.383 e. The van der Waals surface area contributed by atoms with Crippen molar-refractivity contribution < 1.29 is 13.6 Å². The van der Waals surface area contributed by atoms with Gasteiger partial charge in [0, 0.05) is 29.2 Å². The highest BCUT2D eigenvalue weighted by molar-refractivity contribution is 6.30. The fraction of sp³-hybridized carbons (Fsp3) is 0.263. The number of aliphatic imine (C=N–C) groups is 1. The van der Waals surface area contributed by atoms with E-state index in [9.17, 15) is 9.18 Å². The van der Waals surface area contributed by atoms with Crippen LogP contribution in [0.15, 0.2) is 47.5 Å². The molecule has 2 aliphatic heterocycles. The van der Waals surface area contributed by atoms with Crippen LogP contribution in [0.4, 0.5) is 14.5 Å². The van der Waals surface area contributed by atoms with Crippen LogP contribution in [0.3, 0.4) is 0 Å². The van der Waals surface area contributed by atoms with Crippen LogP contribution in [0.2, 0.25) is 5.02 Å². The molecule has 0 radical (unpaired) electrons. The number of nitrogens with one attached hydrogen (secondary N) is 1. The number of benzene rings is 2. The normalized spacial score (nSPS) is 24.2. The lowest BCUT2D eigenvalue weighted by atomic mass is 9.91. The van der Waals surface area contributed by atoms with Gasteiger partial charge in [-0.15, -0.1) is 0 Å². The molecule has 2 heterocycles. The highest BCUT2D eigenvalue weighted by Crippen LogP contribution is 2.36. The molecule has 1 spiro atoms. The molecule has 2 aromatic rings. The first-order valence-corrected chi connectivity index (χ1v) is 8.89. The number of likely N-dealkylation sites (tertiary alicyclic amines) is 1. The first-order chi connectivity index (χ1) is 12.9. The second-order valence-corrected chi connectivity index (χ2v) is 7.12. The number of rotatable bonds is 1. The molecule has 0 saturated carbocycles. The van der Waals surface area contributed by atoms with Crippen molar-refractivity contribution in [3.05, 3.63) is 64.4 Å². The molecule has 5 nitrogen and oxygen atoms in total. The van der Waals surface area contributed by atoms with E-state index in [1.807, 2.05) is 0 Å². The Balaban J connectivity index is 1.57. The van der Waals surface area contributed by atoms with Crippen molar-refractivity contribution in [1.82, 2.24) is 4.90 Å². The van der Waals surface area contributed by atoms with Crippen molar-refractivity contribution in [1.29, 1.82) is 0 Å². The number of anilines is 1. The molecule has 1 amide bonds. The molecule has 2 unspecified atom stereocenters. The Bertz CT molecular complexity index is 934. The molecular weight excluding hydrogens is 374 g/mol. The van der Waals surface area contributed by atoms with E-state index in [1.54, 1.807) is 30.3 Å². The summed E-state index contributed by atoms with van der Waals surface area (Å²) in [5.74, 6) is -0.827.